The SMILES string of the molecule is CCC(C(=O)O)n1cc(C(C)(C)C)nc(NCC(=N)C(C)=[NH2+])c1=O. The zero-order valence-electron chi connectivity index (χ0n) is 14.8. The first-order chi connectivity index (χ1) is 11.0. The van der Waals surface area contributed by atoms with E-state index in [0.717, 1.165) is 0 Å². The zero-order valence-corrected chi connectivity index (χ0v) is 14.8. The van der Waals surface area contributed by atoms with E-state index < -0.39 is 17.6 Å². The number of nitrogens with one attached hydrogen (secondary N) is 2. The predicted octanol–water partition coefficient (Wildman–Crippen LogP) is 0.228. The van der Waals surface area contributed by atoms with Crippen molar-refractivity contribution < 1.29 is 15.3 Å². The molecule has 1 aromatic heterocycles. The molecular formula is C16H26N5O3+. The lowest BCUT2D eigenvalue weighted by atomic mass is 9.92. The Morgan fingerprint density at radius 2 is 2.08 bits per heavy atom. The molecule has 0 aromatic carbocycles. The molecule has 1 aromatic rings. The monoisotopic (exact) mass is 336 g/mol. The maximum absolute atomic E-state index is 12.6. The third-order valence-corrected chi connectivity index (χ3v) is 3.62. The summed E-state index contributed by atoms with van der Waals surface area (Å²) in [6.45, 7) is 9.12. The largest absolute Gasteiger partial charge is 0.480 e. The molecular weight excluding hydrogens is 310 g/mol. The Labute approximate surface area is 140 Å². The van der Waals surface area contributed by atoms with Gasteiger partial charge in [0, 0.05) is 18.5 Å². The summed E-state index contributed by atoms with van der Waals surface area (Å²) in [4.78, 5) is 28.4. The normalized spacial score (nSPS) is 12.5. The molecule has 0 saturated heterocycles. The van der Waals surface area contributed by atoms with E-state index in [0.29, 0.717) is 11.4 Å². The number of carboxylic acid groups (broad SMARTS) is 1. The molecule has 0 aliphatic heterocycles. The maximum Gasteiger partial charge on any atom is 0.326 e. The number of rotatable bonds is 7. The molecule has 1 atom stereocenters. The molecule has 0 bridgehead atoms. The van der Waals surface area contributed by atoms with Crippen LogP contribution in [-0.4, -0.2) is 38.6 Å². The molecule has 8 heteroatoms. The maximum atomic E-state index is 12.6. The Balaban J connectivity index is 3.42. The van der Waals surface area contributed by atoms with Gasteiger partial charge in [-0.2, -0.15) is 0 Å². The lowest BCUT2D eigenvalue weighted by molar-refractivity contribution is -0.141. The molecule has 5 N–H and O–H groups in total. The zero-order chi connectivity index (χ0) is 18.7. The highest BCUT2D eigenvalue weighted by Crippen LogP contribution is 2.22. The van der Waals surface area contributed by atoms with E-state index in [1.54, 1.807) is 13.8 Å². The highest BCUT2D eigenvalue weighted by Gasteiger charge is 2.25. The van der Waals surface area contributed by atoms with Gasteiger partial charge in [-0.05, 0) is 6.42 Å². The van der Waals surface area contributed by atoms with Gasteiger partial charge in [-0.15, -0.1) is 0 Å². The number of carbonyl (C=O) groups is 1. The smallest absolute Gasteiger partial charge is 0.326 e. The third-order valence-electron chi connectivity index (χ3n) is 3.62. The van der Waals surface area contributed by atoms with Crippen molar-refractivity contribution in [3.05, 3.63) is 22.2 Å². The second kappa shape index (κ2) is 7.37. The number of aromatic nitrogens is 2. The first-order valence-electron chi connectivity index (χ1n) is 7.76. The first-order valence-corrected chi connectivity index (χ1v) is 7.76. The Kier molecular flexibility index (Phi) is 6.00. The number of nitrogens with zero attached hydrogens (tertiary/aromatic N) is 2. The standard InChI is InChI=1S/C16H25N5O3/c1-6-11(15(23)24)21-8-12(16(3,4)5)20-13(14(21)22)19-7-10(18)9(2)17/h8,11,17-18H,6-7H2,1-5H3,(H,19,20)(H,23,24)/p+1. The minimum atomic E-state index is -1.07. The van der Waals surface area contributed by atoms with Crippen LogP contribution in [0.5, 0.6) is 0 Å². The summed E-state index contributed by atoms with van der Waals surface area (Å²) in [6, 6.07) is -0.968. The van der Waals surface area contributed by atoms with Crippen molar-refractivity contribution in [2.75, 3.05) is 11.9 Å². The van der Waals surface area contributed by atoms with Gasteiger partial charge in [0.05, 0.1) is 12.2 Å². The molecule has 0 aliphatic rings. The summed E-state index contributed by atoms with van der Waals surface area (Å²) in [6.07, 6.45) is 1.77. The second-order valence-corrected chi connectivity index (χ2v) is 6.71. The Morgan fingerprint density at radius 1 is 1.50 bits per heavy atom. The van der Waals surface area contributed by atoms with Gasteiger partial charge in [-0.3, -0.25) is 20.2 Å². The fourth-order valence-corrected chi connectivity index (χ4v) is 2.02. The van der Waals surface area contributed by atoms with E-state index in [1.165, 1.54) is 10.8 Å². The summed E-state index contributed by atoms with van der Waals surface area (Å²) >= 11 is 0. The number of hydrogen-bond acceptors (Lipinski definition) is 5. The lowest BCUT2D eigenvalue weighted by Gasteiger charge is -2.22. The van der Waals surface area contributed by atoms with E-state index in [2.05, 4.69) is 10.3 Å². The molecule has 132 valence electrons. The van der Waals surface area contributed by atoms with Crippen molar-refractivity contribution in [1.82, 2.24) is 9.55 Å². The quantitative estimate of drug-likeness (QED) is 0.529. The van der Waals surface area contributed by atoms with Gasteiger partial charge in [0.25, 0.3) is 5.56 Å². The number of aliphatic carboxylic acids is 1. The molecule has 1 rings (SSSR count). The molecule has 0 spiro atoms. The van der Waals surface area contributed by atoms with Crippen LogP contribution in [0, 0.1) is 5.41 Å². The number of anilines is 1. The second-order valence-electron chi connectivity index (χ2n) is 6.71. The van der Waals surface area contributed by atoms with Crippen molar-refractivity contribution >= 4 is 23.2 Å². The summed E-state index contributed by atoms with van der Waals surface area (Å²) in [5, 5.41) is 25.4. The van der Waals surface area contributed by atoms with Gasteiger partial charge >= 0.3 is 5.97 Å². The molecule has 1 heterocycles. The van der Waals surface area contributed by atoms with Crippen LogP contribution in [0.3, 0.4) is 0 Å². The van der Waals surface area contributed by atoms with Crippen LogP contribution >= 0.6 is 0 Å². The van der Waals surface area contributed by atoms with Crippen LogP contribution in [0.2, 0.25) is 0 Å². The molecule has 24 heavy (non-hydrogen) atoms. The Bertz CT molecular complexity index is 715. The average molecular weight is 336 g/mol. The Hall–Kier alpha value is -2.51. The van der Waals surface area contributed by atoms with Gasteiger partial charge in [-0.25, -0.2) is 9.78 Å². The summed E-state index contributed by atoms with van der Waals surface area (Å²) < 4.78 is 1.20. The van der Waals surface area contributed by atoms with Crippen LogP contribution in [0.1, 0.15) is 52.8 Å². The molecule has 0 radical (unpaired) electrons. The molecule has 0 saturated carbocycles. The third kappa shape index (κ3) is 4.50. The number of hydrogen-bond donors (Lipinski definition) is 4. The van der Waals surface area contributed by atoms with Crippen molar-refractivity contribution in [1.29, 1.82) is 5.41 Å². The van der Waals surface area contributed by atoms with Crippen molar-refractivity contribution in [2.24, 2.45) is 0 Å². The molecule has 8 nitrogen and oxygen atoms in total. The van der Waals surface area contributed by atoms with Crippen molar-refractivity contribution in [2.45, 2.75) is 52.5 Å². The van der Waals surface area contributed by atoms with E-state index in [-0.39, 0.29) is 29.9 Å². The van der Waals surface area contributed by atoms with Gasteiger partial charge in [0.1, 0.15) is 11.8 Å². The van der Waals surface area contributed by atoms with E-state index >= 15 is 0 Å². The fourth-order valence-electron chi connectivity index (χ4n) is 2.02. The van der Waals surface area contributed by atoms with Gasteiger partial charge < -0.3 is 10.4 Å². The predicted molar refractivity (Wildman–Crippen MR) is 93.0 cm³/mol. The highest BCUT2D eigenvalue weighted by atomic mass is 16.4. The molecule has 0 fully saturated rings. The van der Waals surface area contributed by atoms with Gasteiger partial charge in [-0.1, -0.05) is 27.7 Å². The summed E-state index contributed by atoms with van der Waals surface area (Å²) in [5.74, 6) is -1.05. The van der Waals surface area contributed by atoms with Crippen molar-refractivity contribution in [3.8, 4) is 0 Å². The minimum absolute atomic E-state index is 0.0214. The fraction of sp³-hybridized carbons (Fsp3) is 0.562. The van der Waals surface area contributed by atoms with Crippen LogP contribution < -0.4 is 16.3 Å². The summed E-state index contributed by atoms with van der Waals surface area (Å²) in [7, 11) is 0. The van der Waals surface area contributed by atoms with Crippen LogP contribution in [-0.2, 0) is 10.2 Å². The van der Waals surface area contributed by atoms with E-state index in [4.69, 9.17) is 10.8 Å². The van der Waals surface area contributed by atoms with Crippen LogP contribution in [0.4, 0.5) is 5.82 Å². The molecule has 0 aliphatic carbocycles. The van der Waals surface area contributed by atoms with Gasteiger partial charge in [0.2, 0.25) is 0 Å². The lowest BCUT2D eigenvalue weighted by Crippen LogP contribution is -2.45. The number of carboxylic acids is 1. The Morgan fingerprint density at radius 3 is 2.50 bits per heavy atom. The minimum Gasteiger partial charge on any atom is -0.480 e. The number of nitrogens with two attached hydrogens (primary N) is 1. The van der Waals surface area contributed by atoms with Crippen LogP contribution in [0.15, 0.2) is 11.0 Å². The molecule has 0 amide bonds. The average Bonchev–Trinajstić information content (AvgIpc) is 2.46. The van der Waals surface area contributed by atoms with Crippen molar-refractivity contribution in [3.63, 3.8) is 0 Å². The van der Waals surface area contributed by atoms with Crippen LogP contribution in [0.25, 0.3) is 0 Å². The van der Waals surface area contributed by atoms with Gasteiger partial charge in [0.15, 0.2) is 11.5 Å². The summed E-state index contributed by atoms with van der Waals surface area (Å²) in [5.41, 5.74) is 0.177. The first kappa shape index (κ1) is 19.5. The molecule has 1 unspecified atom stereocenters. The highest BCUT2D eigenvalue weighted by molar-refractivity contribution is 6.38. The topological polar surface area (TPSA) is 134 Å². The van der Waals surface area contributed by atoms with E-state index in [1.807, 2.05) is 20.8 Å². The van der Waals surface area contributed by atoms with E-state index in [9.17, 15) is 14.7 Å².